The molecule has 0 aromatic carbocycles. The number of carbonyl (C=O) groups is 1. The molecule has 0 unspecified atom stereocenters. The Hall–Kier alpha value is -1.49. The molecule has 1 heterocycles. The summed E-state index contributed by atoms with van der Waals surface area (Å²) in [5.41, 5.74) is 0.840. The van der Waals surface area contributed by atoms with Gasteiger partial charge in [0.1, 0.15) is 11.9 Å². The monoisotopic (exact) mass is 263 g/mol. The summed E-state index contributed by atoms with van der Waals surface area (Å²) in [6, 6.07) is 0.565. The molecule has 1 aromatic rings. The molecule has 5 heteroatoms. The number of nitrogens with zero attached hydrogens (tertiary/aromatic N) is 3. The molecule has 1 saturated carbocycles. The van der Waals surface area contributed by atoms with Crippen LogP contribution >= 0.6 is 0 Å². The molecule has 1 fully saturated rings. The molecule has 0 aliphatic heterocycles. The van der Waals surface area contributed by atoms with Crippen LogP contribution in [-0.2, 0) is 6.54 Å². The van der Waals surface area contributed by atoms with Crippen LogP contribution in [0.2, 0.25) is 0 Å². The van der Waals surface area contributed by atoms with Gasteiger partial charge in [0, 0.05) is 18.8 Å². The van der Waals surface area contributed by atoms with E-state index in [2.05, 4.69) is 21.8 Å². The first-order valence-corrected chi connectivity index (χ1v) is 6.98. The Morgan fingerprint density at radius 1 is 1.42 bits per heavy atom. The van der Waals surface area contributed by atoms with Crippen molar-refractivity contribution in [1.29, 1.82) is 0 Å². The van der Waals surface area contributed by atoms with Crippen LogP contribution in [-0.4, -0.2) is 38.5 Å². The van der Waals surface area contributed by atoms with E-state index in [0.29, 0.717) is 18.3 Å². The summed E-state index contributed by atoms with van der Waals surface area (Å²) in [7, 11) is 0. The summed E-state index contributed by atoms with van der Waals surface area (Å²) in [6.45, 7) is 3.65. The first-order valence-electron chi connectivity index (χ1n) is 6.98. The molecule has 19 heavy (non-hydrogen) atoms. The molecule has 0 amide bonds. The van der Waals surface area contributed by atoms with Crippen LogP contribution in [0.25, 0.3) is 0 Å². The van der Waals surface area contributed by atoms with Crippen molar-refractivity contribution in [2.45, 2.75) is 51.6 Å². The van der Waals surface area contributed by atoms with Crippen molar-refractivity contribution in [1.82, 2.24) is 14.9 Å². The molecule has 1 N–H and O–H groups in total. The number of rotatable bonds is 5. The zero-order valence-corrected chi connectivity index (χ0v) is 11.4. The summed E-state index contributed by atoms with van der Waals surface area (Å²) in [5, 5.41) is 9.16. The highest BCUT2D eigenvalue weighted by molar-refractivity contribution is 5.88. The molecule has 104 valence electrons. The molecule has 1 aliphatic rings. The van der Waals surface area contributed by atoms with E-state index in [1.54, 1.807) is 0 Å². The Morgan fingerprint density at radius 3 is 2.79 bits per heavy atom. The van der Waals surface area contributed by atoms with Crippen molar-refractivity contribution in [3.8, 4) is 0 Å². The second kappa shape index (κ2) is 6.61. The normalized spacial score (nSPS) is 16.7. The van der Waals surface area contributed by atoms with Crippen molar-refractivity contribution < 1.29 is 9.90 Å². The topological polar surface area (TPSA) is 66.3 Å². The Kier molecular flexibility index (Phi) is 4.85. The van der Waals surface area contributed by atoms with Crippen molar-refractivity contribution in [2.24, 2.45) is 0 Å². The summed E-state index contributed by atoms with van der Waals surface area (Å²) in [6.07, 6.45) is 9.11. The highest BCUT2D eigenvalue weighted by Crippen LogP contribution is 2.24. The summed E-state index contributed by atoms with van der Waals surface area (Å²) in [5.74, 6) is -0.949. The minimum absolute atomic E-state index is 0.219. The van der Waals surface area contributed by atoms with Gasteiger partial charge in [-0.2, -0.15) is 0 Å². The van der Waals surface area contributed by atoms with E-state index in [4.69, 9.17) is 5.11 Å². The highest BCUT2D eigenvalue weighted by atomic mass is 16.4. The maximum Gasteiger partial charge on any atom is 0.339 e. The summed E-state index contributed by atoms with van der Waals surface area (Å²) in [4.78, 5) is 21.5. The second-order valence-corrected chi connectivity index (χ2v) is 5.04. The van der Waals surface area contributed by atoms with Gasteiger partial charge in [-0.25, -0.2) is 14.8 Å². The second-order valence-electron chi connectivity index (χ2n) is 5.04. The van der Waals surface area contributed by atoms with Crippen LogP contribution in [0.4, 0.5) is 0 Å². The molecular formula is C14H21N3O2. The van der Waals surface area contributed by atoms with Gasteiger partial charge < -0.3 is 5.11 Å². The van der Waals surface area contributed by atoms with E-state index in [1.165, 1.54) is 44.6 Å². The fourth-order valence-corrected chi connectivity index (χ4v) is 2.80. The fourth-order valence-electron chi connectivity index (χ4n) is 2.80. The number of carboxylic acid groups (broad SMARTS) is 1. The molecule has 1 aromatic heterocycles. The number of aromatic carboxylic acids is 1. The molecule has 0 bridgehead atoms. The summed E-state index contributed by atoms with van der Waals surface area (Å²) >= 11 is 0. The molecule has 0 saturated heterocycles. The van der Waals surface area contributed by atoms with Crippen LogP contribution in [0.15, 0.2) is 12.5 Å². The van der Waals surface area contributed by atoms with Crippen LogP contribution in [0.1, 0.15) is 55.1 Å². The SMILES string of the molecule is CCN(Cc1ncncc1C(=O)O)C1CCCCC1. The average Bonchev–Trinajstić information content (AvgIpc) is 2.46. The van der Waals surface area contributed by atoms with Gasteiger partial charge in [-0.15, -0.1) is 0 Å². The lowest BCUT2D eigenvalue weighted by atomic mass is 9.94. The Balaban J connectivity index is 2.11. The molecule has 0 atom stereocenters. The van der Waals surface area contributed by atoms with E-state index >= 15 is 0 Å². The number of aromatic nitrogens is 2. The van der Waals surface area contributed by atoms with E-state index in [-0.39, 0.29) is 5.56 Å². The molecule has 5 nitrogen and oxygen atoms in total. The maximum absolute atomic E-state index is 11.2. The van der Waals surface area contributed by atoms with Gasteiger partial charge in [-0.05, 0) is 19.4 Å². The zero-order chi connectivity index (χ0) is 13.7. The average molecular weight is 263 g/mol. The van der Waals surface area contributed by atoms with Gasteiger partial charge in [0.15, 0.2) is 0 Å². The zero-order valence-electron chi connectivity index (χ0n) is 11.4. The van der Waals surface area contributed by atoms with Gasteiger partial charge in [-0.1, -0.05) is 26.2 Å². The van der Waals surface area contributed by atoms with Gasteiger partial charge in [0.05, 0.1) is 5.69 Å². The smallest absolute Gasteiger partial charge is 0.339 e. The molecule has 2 rings (SSSR count). The lowest BCUT2D eigenvalue weighted by Gasteiger charge is -2.33. The fraction of sp³-hybridized carbons (Fsp3) is 0.643. The largest absolute Gasteiger partial charge is 0.478 e. The molecule has 1 aliphatic carbocycles. The van der Waals surface area contributed by atoms with Gasteiger partial charge in [0.25, 0.3) is 0 Å². The third-order valence-electron chi connectivity index (χ3n) is 3.88. The van der Waals surface area contributed by atoms with Crippen LogP contribution in [0, 0.1) is 0 Å². The molecule has 0 radical (unpaired) electrons. The quantitative estimate of drug-likeness (QED) is 0.883. The summed E-state index contributed by atoms with van der Waals surface area (Å²) < 4.78 is 0. The van der Waals surface area contributed by atoms with Crippen LogP contribution in [0.3, 0.4) is 0 Å². The predicted molar refractivity (Wildman–Crippen MR) is 71.9 cm³/mol. The van der Waals surface area contributed by atoms with Crippen molar-refractivity contribution >= 4 is 5.97 Å². The maximum atomic E-state index is 11.2. The number of hydrogen-bond donors (Lipinski definition) is 1. The standard InChI is InChI=1S/C14H21N3O2/c1-2-17(11-6-4-3-5-7-11)9-13-12(14(18)19)8-15-10-16-13/h8,10-11H,2-7,9H2,1H3,(H,18,19). The van der Waals surface area contributed by atoms with Gasteiger partial charge >= 0.3 is 5.97 Å². The Bertz CT molecular complexity index is 430. The first kappa shape index (κ1) is 13.9. The number of hydrogen-bond acceptors (Lipinski definition) is 4. The van der Waals surface area contributed by atoms with Crippen molar-refractivity contribution in [3.63, 3.8) is 0 Å². The van der Waals surface area contributed by atoms with Crippen molar-refractivity contribution in [2.75, 3.05) is 6.54 Å². The minimum atomic E-state index is -0.949. The van der Waals surface area contributed by atoms with E-state index in [0.717, 1.165) is 6.54 Å². The lowest BCUT2D eigenvalue weighted by Crippen LogP contribution is -2.36. The predicted octanol–water partition coefficient (Wildman–Crippen LogP) is 2.33. The Morgan fingerprint density at radius 2 is 2.16 bits per heavy atom. The minimum Gasteiger partial charge on any atom is -0.478 e. The van der Waals surface area contributed by atoms with Crippen LogP contribution in [0.5, 0.6) is 0 Å². The molecule has 0 spiro atoms. The van der Waals surface area contributed by atoms with Crippen molar-refractivity contribution in [3.05, 3.63) is 23.8 Å². The van der Waals surface area contributed by atoms with Crippen LogP contribution < -0.4 is 0 Å². The molecular weight excluding hydrogens is 242 g/mol. The third kappa shape index (κ3) is 3.50. The third-order valence-corrected chi connectivity index (χ3v) is 3.88. The van der Waals surface area contributed by atoms with E-state index < -0.39 is 5.97 Å². The first-order chi connectivity index (χ1) is 9.22. The highest BCUT2D eigenvalue weighted by Gasteiger charge is 2.22. The Labute approximate surface area is 113 Å². The van der Waals surface area contributed by atoms with Gasteiger partial charge in [0.2, 0.25) is 0 Å². The lowest BCUT2D eigenvalue weighted by molar-refractivity contribution is 0.0691. The van der Waals surface area contributed by atoms with E-state index in [9.17, 15) is 4.79 Å². The van der Waals surface area contributed by atoms with Gasteiger partial charge in [-0.3, -0.25) is 4.90 Å². The van der Waals surface area contributed by atoms with E-state index in [1.807, 2.05) is 0 Å². The number of carboxylic acids is 1.